The Labute approximate surface area is 93.5 Å². The van der Waals surface area contributed by atoms with Gasteiger partial charge in [-0.1, -0.05) is 0 Å². The number of primary amides is 1. The Bertz CT molecular complexity index is 384. The molecule has 0 atom stereocenters. The summed E-state index contributed by atoms with van der Waals surface area (Å²) in [6, 6.07) is 0. The molecule has 1 aromatic rings. The van der Waals surface area contributed by atoms with Gasteiger partial charge in [0.15, 0.2) is 0 Å². The van der Waals surface area contributed by atoms with Crippen molar-refractivity contribution in [1.29, 1.82) is 0 Å². The monoisotopic (exact) mass is 224 g/mol. The Kier molecular flexibility index (Phi) is 3.09. The van der Waals surface area contributed by atoms with E-state index in [1.807, 2.05) is 0 Å². The fourth-order valence-electron chi connectivity index (χ4n) is 1.68. The van der Waals surface area contributed by atoms with Crippen LogP contribution in [0.1, 0.15) is 29.8 Å². The third kappa shape index (κ3) is 2.16. The summed E-state index contributed by atoms with van der Waals surface area (Å²) >= 11 is 0. The zero-order valence-electron chi connectivity index (χ0n) is 9.06. The van der Waals surface area contributed by atoms with E-state index >= 15 is 0 Å². The molecule has 4 N–H and O–H groups in total. The van der Waals surface area contributed by atoms with Gasteiger partial charge in [0, 0.05) is 0 Å². The van der Waals surface area contributed by atoms with E-state index in [1.54, 1.807) is 0 Å². The normalized spacial score (nSPS) is 16.0. The number of hydrogen-bond donors (Lipinski definition) is 2. The van der Waals surface area contributed by atoms with Crippen molar-refractivity contribution < 1.29 is 9.53 Å². The number of nitrogens with zero attached hydrogens (tertiary/aromatic N) is 2. The van der Waals surface area contributed by atoms with Crippen molar-refractivity contribution in [3.05, 3.63) is 11.9 Å². The van der Waals surface area contributed by atoms with E-state index in [9.17, 15) is 4.79 Å². The summed E-state index contributed by atoms with van der Waals surface area (Å²) < 4.78 is 7.07. The smallest absolute Gasteiger partial charge is 0.269 e. The molecule has 0 aromatic carbocycles. The third-order valence-electron chi connectivity index (χ3n) is 2.81. The predicted molar refractivity (Wildman–Crippen MR) is 58.7 cm³/mol. The van der Waals surface area contributed by atoms with E-state index in [2.05, 4.69) is 5.10 Å². The largest absolute Gasteiger partial charge is 0.396 e. The first-order valence-electron chi connectivity index (χ1n) is 5.41. The van der Waals surface area contributed by atoms with Crippen molar-refractivity contribution in [2.45, 2.75) is 31.9 Å². The average Bonchev–Trinajstić information content (AvgIpc) is 2.51. The second-order valence-electron chi connectivity index (χ2n) is 3.96. The van der Waals surface area contributed by atoms with E-state index in [0.717, 1.165) is 12.8 Å². The molecule has 0 aliphatic heterocycles. The Morgan fingerprint density at radius 1 is 1.62 bits per heavy atom. The molecule has 1 heterocycles. The van der Waals surface area contributed by atoms with Gasteiger partial charge in [0.05, 0.1) is 31.1 Å². The zero-order chi connectivity index (χ0) is 11.5. The molecule has 0 unspecified atom stereocenters. The number of rotatable bonds is 5. The molecule has 0 bridgehead atoms. The van der Waals surface area contributed by atoms with E-state index in [4.69, 9.17) is 16.2 Å². The maximum Gasteiger partial charge on any atom is 0.269 e. The number of hydrogen-bond acceptors (Lipinski definition) is 4. The molecule has 0 saturated heterocycles. The molecule has 1 amide bonds. The van der Waals surface area contributed by atoms with Gasteiger partial charge in [0.2, 0.25) is 0 Å². The summed E-state index contributed by atoms with van der Waals surface area (Å²) in [6.07, 6.45) is 5.31. The summed E-state index contributed by atoms with van der Waals surface area (Å²) in [4.78, 5) is 11.1. The number of nitrogens with two attached hydrogens (primary N) is 2. The SMILES string of the molecule is NC(=O)c1c(N)cnn1CCOC1CCC1. The number of nitrogen functional groups attached to an aromatic ring is 1. The minimum absolute atomic E-state index is 0.261. The van der Waals surface area contributed by atoms with Crippen molar-refractivity contribution in [1.82, 2.24) is 9.78 Å². The molecule has 1 fully saturated rings. The van der Waals surface area contributed by atoms with Crippen molar-refractivity contribution in [3.8, 4) is 0 Å². The molecule has 0 radical (unpaired) electrons. The highest BCUT2D eigenvalue weighted by atomic mass is 16.5. The van der Waals surface area contributed by atoms with E-state index in [-0.39, 0.29) is 5.69 Å². The quantitative estimate of drug-likeness (QED) is 0.743. The summed E-state index contributed by atoms with van der Waals surface area (Å²) in [5, 5.41) is 3.99. The molecular formula is C10H16N4O2. The van der Waals surface area contributed by atoms with Crippen LogP contribution in [0.25, 0.3) is 0 Å². The van der Waals surface area contributed by atoms with Gasteiger partial charge in [0.1, 0.15) is 5.69 Å². The zero-order valence-corrected chi connectivity index (χ0v) is 9.06. The lowest BCUT2D eigenvalue weighted by Gasteiger charge is -2.25. The molecule has 6 heteroatoms. The lowest BCUT2D eigenvalue weighted by molar-refractivity contribution is -0.00250. The third-order valence-corrected chi connectivity index (χ3v) is 2.81. The highest BCUT2D eigenvalue weighted by Crippen LogP contribution is 2.21. The Morgan fingerprint density at radius 3 is 2.94 bits per heavy atom. The molecule has 1 aliphatic carbocycles. The molecular weight excluding hydrogens is 208 g/mol. The molecule has 16 heavy (non-hydrogen) atoms. The van der Waals surface area contributed by atoms with Gasteiger partial charge in [-0.05, 0) is 19.3 Å². The Balaban J connectivity index is 1.90. The number of amides is 1. The molecule has 2 rings (SSSR count). The van der Waals surface area contributed by atoms with Gasteiger partial charge < -0.3 is 16.2 Å². The van der Waals surface area contributed by atoms with Crippen LogP contribution in [0.4, 0.5) is 5.69 Å². The van der Waals surface area contributed by atoms with Crippen LogP contribution in [0.15, 0.2) is 6.20 Å². The minimum Gasteiger partial charge on any atom is -0.396 e. The van der Waals surface area contributed by atoms with Crippen LogP contribution in [0, 0.1) is 0 Å². The predicted octanol–water partition coefficient (Wildman–Crippen LogP) is 0.133. The topological polar surface area (TPSA) is 96.2 Å². The summed E-state index contributed by atoms with van der Waals surface area (Å²) in [7, 11) is 0. The maximum atomic E-state index is 11.1. The van der Waals surface area contributed by atoms with Crippen LogP contribution in [-0.2, 0) is 11.3 Å². The average molecular weight is 224 g/mol. The van der Waals surface area contributed by atoms with Gasteiger partial charge in [-0.2, -0.15) is 5.10 Å². The second kappa shape index (κ2) is 4.52. The van der Waals surface area contributed by atoms with Crippen LogP contribution < -0.4 is 11.5 Å². The van der Waals surface area contributed by atoms with Gasteiger partial charge in [-0.25, -0.2) is 0 Å². The van der Waals surface area contributed by atoms with Crippen LogP contribution >= 0.6 is 0 Å². The minimum atomic E-state index is -0.557. The lowest BCUT2D eigenvalue weighted by Crippen LogP contribution is -2.25. The summed E-state index contributed by atoms with van der Waals surface area (Å²) in [5.74, 6) is -0.557. The highest BCUT2D eigenvalue weighted by Gasteiger charge is 2.18. The first kappa shape index (κ1) is 10.9. The van der Waals surface area contributed by atoms with Crippen LogP contribution in [0.5, 0.6) is 0 Å². The van der Waals surface area contributed by atoms with E-state index in [1.165, 1.54) is 17.3 Å². The second-order valence-corrected chi connectivity index (χ2v) is 3.96. The van der Waals surface area contributed by atoms with Crippen molar-refractivity contribution in [2.75, 3.05) is 12.3 Å². The fourth-order valence-corrected chi connectivity index (χ4v) is 1.68. The molecule has 6 nitrogen and oxygen atoms in total. The van der Waals surface area contributed by atoms with Crippen molar-refractivity contribution in [2.24, 2.45) is 5.73 Å². The molecule has 88 valence electrons. The Hall–Kier alpha value is -1.56. The molecule has 0 spiro atoms. The molecule has 1 saturated carbocycles. The van der Waals surface area contributed by atoms with Crippen LogP contribution in [0.2, 0.25) is 0 Å². The van der Waals surface area contributed by atoms with Gasteiger partial charge >= 0.3 is 0 Å². The highest BCUT2D eigenvalue weighted by molar-refractivity contribution is 5.96. The van der Waals surface area contributed by atoms with Crippen molar-refractivity contribution in [3.63, 3.8) is 0 Å². The summed E-state index contributed by atoms with van der Waals surface area (Å²) in [6.45, 7) is 1.04. The first-order valence-corrected chi connectivity index (χ1v) is 5.41. The number of carbonyl (C=O) groups is 1. The van der Waals surface area contributed by atoms with E-state index in [0.29, 0.717) is 24.9 Å². The van der Waals surface area contributed by atoms with Crippen LogP contribution in [-0.4, -0.2) is 28.4 Å². The van der Waals surface area contributed by atoms with Gasteiger partial charge in [-0.15, -0.1) is 0 Å². The molecule has 1 aromatic heterocycles. The number of aromatic nitrogens is 2. The summed E-state index contributed by atoms with van der Waals surface area (Å²) in [5.41, 5.74) is 11.4. The standard InChI is InChI=1S/C10H16N4O2/c11-8-6-13-14(9(8)10(12)15)4-5-16-7-2-1-3-7/h6-7H,1-5,11H2,(H2,12,15). The maximum absolute atomic E-state index is 11.1. The first-order chi connectivity index (χ1) is 7.68. The number of anilines is 1. The molecule has 1 aliphatic rings. The Morgan fingerprint density at radius 2 is 2.38 bits per heavy atom. The number of carbonyl (C=O) groups excluding carboxylic acids is 1. The fraction of sp³-hybridized carbons (Fsp3) is 0.600. The van der Waals surface area contributed by atoms with Crippen molar-refractivity contribution >= 4 is 11.6 Å². The van der Waals surface area contributed by atoms with Gasteiger partial charge in [0.25, 0.3) is 5.91 Å². The number of ether oxygens (including phenoxy) is 1. The van der Waals surface area contributed by atoms with Gasteiger partial charge in [-0.3, -0.25) is 9.48 Å². The van der Waals surface area contributed by atoms with E-state index < -0.39 is 5.91 Å². The van der Waals surface area contributed by atoms with Crippen LogP contribution in [0.3, 0.4) is 0 Å². The lowest BCUT2D eigenvalue weighted by atomic mass is 9.96.